The van der Waals surface area contributed by atoms with Gasteiger partial charge in [0.15, 0.2) is 0 Å². The molecule has 0 aliphatic carbocycles. The molecule has 9 nitrogen and oxygen atoms in total. The molecule has 1 atom stereocenters. The van der Waals surface area contributed by atoms with Gasteiger partial charge in [0.05, 0.1) is 11.5 Å². The number of hydrogen-bond acceptors (Lipinski definition) is 5. The second kappa shape index (κ2) is 6.77. The normalized spacial score (nSPS) is 17.1. The largest absolute Gasteiger partial charge is 0.387 e. The van der Waals surface area contributed by atoms with Gasteiger partial charge in [0.1, 0.15) is 17.6 Å². The number of nitrogens with two attached hydrogens (primary N) is 2. The Morgan fingerprint density at radius 2 is 2.26 bits per heavy atom. The van der Waals surface area contributed by atoms with Crippen molar-refractivity contribution in [1.29, 1.82) is 5.41 Å². The van der Waals surface area contributed by atoms with Crippen LogP contribution < -0.4 is 22.1 Å². The average Bonchev–Trinajstić information content (AvgIpc) is 3.04. The molecule has 122 valence electrons. The number of aliphatic imine (C=N–C) groups is 1. The fourth-order valence-electron chi connectivity index (χ4n) is 2.17. The van der Waals surface area contributed by atoms with Crippen molar-refractivity contribution in [2.24, 2.45) is 23.5 Å². The predicted molar refractivity (Wildman–Crippen MR) is 87.2 cm³/mol. The van der Waals surface area contributed by atoms with Crippen LogP contribution in [-0.4, -0.2) is 34.1 Å². The lowest BCUT2D eigenvalue weighted by atomic mass is 10.2. The number of nitrogens with one attached hydrogen (secondary N) is 3. The van der Waals surface area contributed by atoms with E-state index in [-0.39, 0.29) is 17.6 Å². The molecule has 1 aliphatic heterocycles. The van der Waals surface area contributed by atoms with E-state index in [4.69, 9.17) is 16.9 Å². The van der Waals surface area contributed by atoms with Crippen LogP contribution in [0.2, 0.25) is 0 Å². The number of anilines is 1. The summed E-state index contributed by atoms with van der Waals surface area (Å²) in [6.07, 6.45) is 5.37. The molecule has 1 aromatic heterocycles. The summed E-state index contributed by atoms with van der Waals surface area (Å²) < 4.78 is 1.58. The fourth-order valence-corrected chi connectivity index (χ4v) is 2.17. The highest BCUT2D eigenvalue weighted by atomic mass is 16.2. The Bertz CT molecular complexity index is 702. The van der Waals surface area contributed by atoms with Crippen molar-refractivity contribution in [3.05, 3.63) is 30.2 Å². The van der Waals surface area contributed by atoms with E-state index in [1.165, 1.54) is 12.3 Å². The standard InChI is InChI=1S/C14H19N7O2/c1-21-7-8(19-13(22)9-2-3-12(17)20-9)6-10(21)14(23)18-5-4-11(15)16/h4-7,9H,2-3H2,1H3,(H3,15,16)(H2,17,20)(H,18,23)(H,19,22)/b5-4+/t9-/m0/s1. The van der Waals surface area contributed by atoms with Crippen molar-refractivity contribution in [2.45, 2.75) is 18.9 Å². The third kappa shape index (κ3) is 4.19. The first-order valence-corrected chi connectivity index (χ1v) is 6.97. The summed E-state index contributed by atoms with van der Waals surface area (Å²) in [5.74, 6) is -0.315. The first kappa shape index (κ1) is 16.3. The average molecular weight is 317 g/mol. The molecule has 0 fully saturated rings. The van der Waals surface area contributed by atoms with Gasteiger partial charge in [-0.25, -0.2) is 0 Å². The fraction of sp³-hybridized carbons (Fsp3) is 0.286. The Morgan fingerprint density at radius 3 is 2.87 bits per heavy atom. The summed E-state index contributed by atoms with van der Waals surface area (Å²) in [5, 5.41) is 12.2. The Labute approximate surface area is 132 Å². The molecule has 0 radical (unpaired) electrons. The molecule has 23 heavy (non-hydrogen) atoms. The molecule has 0 spiro atoms. The van der Waals surface area contributed by atoms with Gasteiger partial charge in [0.25, 0.3) is 5.91 Å². The number of aromatic nitrogens is 1. The van der Waals surface area contributed by atoms with Gasteiger partial charge < -0.3 is 26.7 Å². The Balaban J connectivity index is 2.01. The molecule has 2 rings (SSSR count). The molecular formula is C14H19N7O2. The van der Waals surface area contributed by atoms with Gasteiger partial charge in [-0.05, 0) is 18.6 Å². The van der Waals surface area contributed by atoms with Crippen LogP contribution in [0, 0.1) is 5.41 Å². The third-order valence-electron chi connectivity index (χ3n) is 3.28. The molecule has 9 heteroatoms. The van der Waals surface area contributed by atoms with Crippen molar-refractivity contribution in [2.75, 3.05) is 5.32 Å². The van der Waals surface area contributed by atoms with Gasteiger partial charge in [-0.2, -0.15) is 0 Å². The molecule has 2 heterocycles. The lowest BCUT2D eigenvalue weighted by Gasteiger charge is -2.06. The van der Waals surface area contributed by atoms with E-state index in [0.29, 0.717) is 30.1 Å². The summed E-state index contributed by atoms with van der Waals surface area (Å²) in [6, 6.07) is 1.07. The van der Waals surface area contributed by atoms with E-state index in [1.54, 1.807) is 23.9 Å². The van der Waals surface area contributed by atoms with Gasteiger partial charge in [-0.1, -0.05) is 0 Å². The second-order valence-electron chi connectivity index (χ2n) is 5.15. The summed E-state index contributed by atoms with van der Waals surface area (Å²) in [7, 11) is 1.69. The molecule has 0 aromatic carbocycles. The third-order valence-corrected chi connectivity index (χ3v) is 3.28. The highest BCUT2D eigenvalue weighted by Crippen LogP contribution is 2.16. The molecule has 1 aliphatic rings. The molecule has 1 aromatic rings. The smallest absolute Gasteiger partial charge is 0.271 e. The summed E-state index contributed by atoms with van der Waals surface area (Å²) in [5.41, 5.74) is 11.6. The summed E-state index contributed by atoms with van der Waals surface area (Å²) >= 11 is 0. The number of aryl methyl sites for hydroxylation is 1. The molecule has 0 unspecified atom stereocenters. The van der Waals surface area contributed by atoms with Crippen LogP contribution in [-0.2, 0) is 11.8 Å². The van der Waals surface area contributed by atoms with Crippen LogP contribution in [0.15, 0.2) is 29.5 Å². The van der Waals surface area contributed by atoms with Gasteiger partial charge in [0, 0.05) is 25.9 Å². The number of hydrogen-bond donors (Lipinski definition) is 5. The number of rotatable bonds is 5. The SMILES string of the molecule is Cn1cc(NC(=O)[C@@H]2CCC(N)=N2)cc1C(=O)N/C=C/C(=N)N. The van der Waals surface area contributed by atoms with Crippen molar-refractivity contribution in [3.63, 3.8) is 0 Å². The van der Waals surface area contributed by atoms with Crippen molar-refractivity contribution in [3.8, 4) is 0 Å². The van der Waals surface area contributed by atoms with E-state index >= 15 is 0 Å². The van der Waals surface area contributed by atoms with E-state index in [0.717, 1.165) is 0 Å². The minimum atomic E-state index is -0.481. The molecular weight excluding hydrogens is 298 g/mol. The number of carbonyl (C=O) groups is 2. The highest BCUT2D eigenvalue weighted by Gasteiger charge is 2.23. The minimum absolute atomic E-state index is 0.165. The molecule has 7 N–H and O–H groups in total. The zero-order valence-electron chi connectivity index (χ0n) is 12.7. The van der Waals surface area contributed by atoms with Crippen molar-refractivity contribution >= 4 is 29.2 Å². The Hall–Kier alpha value is -3.10. The first-order chi connectivity index (χ1) is 10.9. The van der Waals surface area contributed by atoms with Crippen LogP contribution in [0.4, 0.5) is 5.69 Å². The monoisotopic (exact) mass is 317 g/mol. The van der Waals surface area contributed by atoms with E-state index in [1.807, 2.05) is 0 Å². The van der Waals surface area contributed by atoms with Crippen LogP contribution in [0.1, 0.15) is 23.3 Å². The second-order valence-corrected chi connectivity index (χ2v) is 5.15. The van der Waals surface area contributed by atoms with Crippen molar-refractivity contribution in [1.82, 2.24) is 9.88 Å². The van der Waals surface area contributed by atoms with Gasteiger partial charge >= 0.3 is 0 Å². The van der Waals surface area contributed by atoms with Crippen molar-refractivity contribution < 1.29 is 9.59 Å². The summed E-state index contributed by atoms with van der Waals surface area (Å²) in [4.78, 5) is 28.1. The quantitative estimate of drug-likeness (QED) is 0.373. The number of nitrogens with zero attached hydrogens (tertiary/aromatic N) is 2. The number of amidine groups is 2. The van der Waals surface area contributed by atoms with Gasteiger partial charge in [-0.15, -0.1) is 0 Å². The highest BCUT2D eigenvalue weighted by molar-refractivity contribution is 6.00. The molecule has 2 amide bonds. The lowest BCUT2D eigenvalue weighted by molar-refractivity contribution is -0.117. The lowest BCUT2D eigenvalue weighted by Crippen LogP contribution is -2.24. The van der Waals surface area contributed by atoms with Crippen LogP contribution in [0.3, 0.4) is 0 Å². The molecule has 0 saturated heterocycles. The Morgan fingerprint density at radius 1 is 1.52 bits per heavy atom. The zero-order valence-corrected chi connectivity index (χ0v) is 12.7. The number of carbonyl (C=O) groups excluding carboxylic acids is 2. The van der Waals surface area contributed by atoms with Crippen LogP contribution >= 0.6 is 0 Å². The maximum absolute atomic E-state index is 12.1. The van der Waals surface area contributed by atoms with Gasteiger partial charge in [-0.3, -0.25) is 20.0 Å². The van der Waals surface area contributed by atoms with Gasteiger partial charge in [0.2, 0.25) is 5.91 Å². The van der Waals surface area contributed by atoms with E-state index in [2.05, 4.69) is 15.6 Å². The topological polar surface area (TPSA) is 151 Å². The maximum atomic E-state index is 12.1. The number of amides is 2. The van der Waals surface area contributed by atoms with E-state index < -0.39 is 6.04 Å². The predicted octanol–water partition coefficient (Wildman–Crippen LogP) is -0.337. The molecule has 0 bridgehead atoms. The Kier molecular flexibility index (Phi) is 4.79. The first-order valence-electron chi connectivity index (χ1n) is 6.97. The molecule has 0 saturated carbocycles. The van der Waals surface area contributed by atoms with E-state index in [9.17, 15) is 9.59 Å². The minimum Gasteiger partial charge on any atom is -0.387 e. The van der Waals surface area contributed by atoms with Crippen LogP contribution in [0.25, 0.3) is 0 Å². The maximum Gasteiger partial charge on any atom is 0.271 e. The van der Waals surface area contributed by atoms with Crippen LogP contribution in [0.5, 0.6) is 0 Å². The summed E-state index contributed by atoms with van der Waals surface area (Å²) in [6.45, 7) is 0. The zero-order chi connectivity index (χ0) is 17.0.